The van der Waals surface area contributed by atoms with Gasteiger partial charge in [0.1, 0.15) is 35.5 Å². The van der Waals surface area contributed by atoms with Gasteiger partial charge in [-0.25, -0.2) is 0 Å². The number of nitrogens with zero attached hydrogens (tertiary/aromatic N) is 4. The van der Waals surface area contributed by atoms with Gasteiger partial charge in [-0.15, -0.1) is 0 Å². The Labute approximate surface area is 288 Å². The zero-order valence-corrected chi connectivity index (χ0v) is 28.8. The van der Waals surface area contributed by atoms with Gasteiger partial charge in [0, 0.05) is 0 Å². The molecule has 3 atom stereocenters. The van der Waals surface area contributed by atoms with E-state index in [4.69, 9.17) is 39.8 Å². The molecule has 43 heavy (non-hydrogen) atoms. The van der Waals surface area contributed by atoms with Crippen LogP contribution < -0.4 is 20.3 Å². The minimum Gasteiger partial charge on any atom is -0.741 e. The average molecular weight is 812 g/mol. The van der Waals surface area contributed by atoms with E-state index in [1.807, 2.05) is 50.2 Å². The molecule has 0 amide bonds. The van der Waals surface area contributed by atoms with Gasteiger partial charge < -0.3 is 55.2 Å². The summed E-state index contributed by atoms with van der Waals surface area (Å²) in [5.41, 5.74) is 6.53. The van der Waals surface area contributed by atoms with E-state index in [2.05, 4.69) is 62.9 Å². The van der Waals surface area contributed by atoms with Gasteiger partial charge in [0.05, 0.1) is 48.1 Å². The van der Waals surface area contributed by atoms with Crippen LogP contribution in [0.1, 0.15) is 25.0 Å². The molecule has 0 fully saturated rings. The van der Waals surface area contributed by atoms with Crippen molar-refractivity contribution in [2.75, 3.05) is 19.8 Å². The predicted octanol–water partition coefficient (Wildman–Crippen LogP) is 2.11. The summed E-state index contributed by atoms with van der Waals surface area (Å²) >= 11 is 17.3. The molecule has 0 aromatic heterocycles. The predicted molar refractivity (Wildman–Crippen MR) is 175 cm³/mol. The summed E-state index contributed by atoms with van der Waals surface area (Å²) in [4.78, 5) is 8.47. The van der Waals surface area contributed by atoms with Crippen LogP contribution in [0.5, 0.6) is 11.5 Å². The SMILES string of the molecule is CCOc1ccc(CN=C([S-])N/N=C(/C=N/NC([S-])=NCc2ccc(OCC)c(Br)c2)C(O)C(O)C(O)CO)cc1Br.[Cu+2]. The van der Waals surface area contributed by atoms with Gasteiger partial charge in [-0.05, 0) is 91.4 Å². The molecule has 0 spiro atoms. The summed E-state index contributed by atoms with van der Waals surface area (Å²) in [6.45, 7) is 4.57. The van der Waals surface area contributed by atoms with Crippen molar-refractivity contribution < 1.29 is 47.0 Å². The van der Waals surface area contributed by atoms with Gasteiger partial charge in [-0.1, -0.05) is 12.1 Å². The Morgan fingerprint density at radius 3 is 1.81 bits per heavy atom. The number of benzene rings is 2. The van der Waals surface area contributed by atoms with Crippen molar-refractivity contribution in [3.8, 4) is 11.5 Å². The number of nitrogens with one attached hydrogen (secondary N) is 2. The summed E-state index contributed by atoms with van der Waals surface area (Å²) in [7, 11) is 0. The van der Waals surface area contributed by atoms with Crippen molar-refractivity contribution in [2.45, 2.75) is 45.2 Å². The summed E-state index contributed by atoms with van der Waals surface area (Å²) < 4.78 is 12.6. The average Bonchev–Trinajstić information content (AvgIpc) is 2.98. The molecule has 3 unspecified atom stereocenters. The monoisotopic (exact) mass is 809 g/mol. The molecule has 17 heteroatoms. The number of aliphatic hydroxyl groups is 4. The fourth-order valence-electron chi connectivity index (χ4n) is 3.16. The Kier molecular flexibility index (Phi) is 19.0. The Balaban J connectivity index is 0.00000924. The van der Waals surface area contributed by atoms with E-state index in [0.717, 1.165) is 32.0 Å². The van der Waals surface area contributed by atoms with E-state index in [9.17, 15) is 15.3 Å². The first-order valence-corrected chi connectivity index (χ1v) is 15.0. The zero-order chi connectivity index (χ0) is 31.1. The molecule has 6 N–H and O–H groups in total. The van der Waals surface area contributed by atoms with Gasteiger partial charge in [0.25, 0.3) is 0 Å². The topological polar surface area (TPSA) is 173 Å². The maximum atomic E-state index is 10.5. The van der Waals surface area contributed by atoms with Crippen molar-refractivity contribution >= 4 is 79.4 Å². The van der Waals surface area contributed by atoms with Gasteiger partial charge in [0.15, 0.2) is 0 Å². The van der Waals surface area contributed by atoms with Crippen molar-refractivity contribution in [3.63, 3.8) is 0 Å². The number of rotatable bonds is 15. The van der Waals surface area contributed by atoms with E-state index in [1.54, 1.807) is 0 Å². The van der Waals surface area contributed by atoms with Crippen LogP contribution in [0.25, 0.3) is 0 Å². The molecule has 2 aromatic rings. The molecule has 0 aliphatic rings. The third-order valence-electron chi connectivity index (χ3n) is 5.25. The molecule has 2 aromatic carbocycles. The first-order valence-electron chi connectivity index (χ1n) is 12.6. The van der Waals surface area contributed by atoms with Crippen molar-refractivity contribution in [2.24, 2.45) is 20.2 Å². The quantitative estimate of drug-likeness (QED) is 0.0515. The molecule has 1 radical (unpaired) electrons. The van der Waals surface area contributed by atoms with Gasteiger partial charge in [-0.2, -0.15) is 10.2 Å². The normalized spacial score (nSPS) is 14.6. The van der Waals surface area contributed by atoms with E-state index < -0.39 is 24.9 Å². The van der Waals surface area contributed by atoms with Crippen molar-refractivity contribution in [3.05, 3.63) is 56.5 Å². The number of hydrogen-bond donors (Lipinski definition) is 6. The molecule has 0 aliphatic carbocycles. The molecule has 0 heterocycles. The van der Waals surface area contributed by atoms with E-state index in [0.29, 0.717) is 19.0 Å². The third kappa shape index (κ3) is 13.7. The van der Waals surface area contributed by atoms with Crippen LogP contribution in [-0.4, -0.2) is 80.8 Å². The minimum absolute atomic E-state index is 0. The van der Waals surface area contributed by atoms with Gasteiger partial charge in [0.2, 0.25) is 0 Å². The van der Waals surface area contributed by atoms with Gasteiger partial charge in [-0.3, -0.25) is 20.8 Å². The first-order chi connectivity index (χ1) is 20.1. The molecular weight excluding hydrogens is 780 g/mol. The number of amidine groups is 2. The Morgan fingerprint density at radius 2 is 1.37 bits per heavy atom. The maximum absolute atomic E-state index is 10.5. The fourth-order valence-corrected chi connectivity index (χ4v) is 4.47. The standard InChI is InChI=1S/C26H34Br2N6O6S2.Cu/c1-3-39-21-7-5-15(9-17(21)27)11-29-25(41)33-31-13-19(23(37)24(38)20(36)14-35)32-34-26(42)30-12-16-6-8-22(40-4-2)18(28)10-16;/h5-10,13,20,23-24,35-38H,3-4,11-12,14H2,1-2H3,(H2,29,33,41)(H2,30,34,42);/q;+2/p-2/b31-13+,32-19-;. The molecule has 0 saturated heterocycles. The number of aliphatic imine (C=N–C) groups is 2. The fraction of sp³-hybridized carbons (Fsp3) is 0.385. The van der Waals surface area contributed by atoms with Crippen LogP contribution in [0.4, 0.5) is 0 Å². The second-order valence-corrected chi connectivity index (χ2v) is 10.8. The molecule has 239 valence electrons. The van der Waals surface area contributed by atoms with Crippen LogP contribution in [0, 0.1) is 0 Å². The van der Waals surface area contributed by atoms with Crippen molar-refractivity contribution in [1.82, 2.24) is 10.9 Å². The summed E-state index contributed by atoms with van der Waals surface area (Å²) in [5, 5.41) is 47.5. The number of halogens is 2. The molecule has 0 aliphatic heterocycles. The smallest absolute Gasteiger partial charge is 0.741 e. The van der Waals surface area contributed by atoms with Crippen LogP contribution in [0.3, 0.4) is 0 Å². The number of ether oxygens (including phenoxy) is 2. The first kappa shape index (κ1) is 39.1. The number of aliphatic hydroxyl groups excluding tert-OH is 4. The van der Waals surface area contributed by atoms with Crippen LogP contribution in [-0.2, 0) is 55.4 Å². The molecule has 12 nitrogen and oxygen atoms in total. The number of hydrazone groups is 2. The van der Waals surface area contributed by atoms with Crippen molar-refractivity contribution in [1.29, 1.82) is 0 Å². The Hall–Kier alpha value is -1.92. The summed E-state index contributed by atoms with van der Waals surface area (Å²) in [6.07, 6.45) is -4.09. The van der Waals surface area contributed by atoms with Crippen LogP contribution in [0.2, 0.25) is 0 Å². The molecule has 0 bridgehead atoms. The molecule has 2 rings (SSSR count). The second kappa shape index (κ2) is 20.9. The zero-order valence-electron chi connectivity index (χ0n) is 23.1. The Morgan fingerprint density at radius 1 is 0.884 bits per heavy atom. The summed E-state index contributed by atoms with van der Waals surface area (Å²) in [6, 6.07) is 11.0. The Bertz CT molecular complexity index is 1290. The summed E-state index contributed by atoms with van der Waals surface area (Å²) in [5.74, 6) is 1.42. The molecular formula is C26H32Br2CuN6O6S2. The third-order valence-corrected chi connectivity index (χ3v) is 6.93. The second-order valence-electron chi connectivity index (χ2n) is 8.34. The van der Waals surface area contributed by atoms with Crippen LogP contribution in [0.15, 0.2) is 65.5 Å². The largest absolute Gasteiger partial charge is 2.00 e. The molecule has 0 saturated carbocycles. The number of hydrogen-bond acceptors (Lipinski definition) is 12. The minimum atomic E-state index is -1.77. The van der Waals surface area contributed by atoms with E-state index >= 15 is 0 Å². The van der Waals surface area contributed by atoms with E-state index in [-0.39, 0.29) is 46.2 Å². The van der Waals surface area contributed by atoms with Crippen LogP contribution >= 0.6 is 31.9 Å². The van der Waals surface area contributed by atoms with E-state index in [1.165, 1.54) is 0 Å². The maximum Gasteiger partial charge on any atom is 2.00 e. The van der Waals surface area contributed by atoms with Gasteiger partial charge >= 0.3 is 17.1 Å².